The second kappa shape index (κ2) is 6.90. The fourth-order valence-corrected chi connectivity index (χ4v) is 4.64. The standard InChI is InChI=1S/C23H22F2N6O/c1-13-11-31-12-14(10-16(24)20(31)26-13)17-4-5-18-19(27-17)21(32)29-22(28-18)23(25)6-8-30(9-7-23)15-2-3-15/h4-5,10-12,15H,2-3,6-9H2,1H3,(H,28,29,32). The molecule has 6 rings (SSSR count). The summed E-state index contributed by atoms with van der Waals surface area (Å²) in [6, 6.07) is 5.25. The molecule has 0 spiro atoms. The van der Waals surface area contributed by atoms with Crippen molar-refractivity contribution in [2.45, 2.75) is 44.3 Å². The van der Waals surface area contributed by atoms with Crippen LogP contribution in [0.3, 0.4) is 0 Å². The molecule has 1 aliphatic carbocycles. The number of hydrogen-bond donors (Lipinski definition) is 1. The van der Waals surface area contributed by atoms with Crippen LogP contribution in [0.1, 0.15) is 37.2 Å². The topological polar surface area (TPSA) is 79.2 Å². The summed E-state index contributed by atoms with van der Waals surface area (Å²) >= 11 is 0. The molecule has 1 aliphatic heterocycles. The van der Waals surface area contributed by atoms with Crippen LogP contribution in [-0.2, 0) is 5.67 Å². The van der Waals surface area contributed by atoms with Crippen molar-refractivity contribution in [2.75, 3.05) is 13.1 Å². The van der Waals surface area contributed by atoms with Crippen molar-refractivity contribution in [1.82, 2.24) is 29.2 Å². The minimum Gasteiger partial charge on any atom is -0.306 e. The summed E-state index contributed by atoms with van der Waals surface area (Å²) in [4.78, 5) is 30.8. The van der Waals surface area contributed by atoms with Gasteiger partial charge >= 0.3 is 0 Å². The van der Waals surface area contributed by atoms with Crippen molar-refractivity contribution in [2.24, 2.45) is 0 Å². The summed E-state index contributed by atoms with van der Waals surface area (Å²) in [7, 11) is 0. The molecule has 4 aromatic heterocycles. The molecule has 1 saturated carbocycles. The van der Waals surface area contributed by atoms with Gasteiger partial charge in [0, 0.05) is 49.9 Å². The first kappa shape index (κ1) is 19.5. The normalized spacial score (nSPS) is 19.1. The Morgan fingerprint density at radius 1 is 1.12 bits per heavy atom. The average molecular weight is 436 g/mol. The summed E-state index contributed by atoms with van der Waals surface area (Å²) in [6.07, 6.45) is 6.44. The highest BCUT2D eigenvalue weighted by Crippen LogP contribution is 2.38. The molecule has 32 heavy (non-hydrogen) atoms. The van der Waals surface area contributed by atoms with Gasteiger partial charge < -0.3 is 14.3 Å². The lowest BCUT2D eigenvalue weighted by Crippen LogP contribution is -2.42. The molecule has 2 aliphatic rings. The Balaban J connectivity index is 1.36. The Morgan fingerprint density at radius 3 is 2.66 bits per heavy atom. The van der Waals surface area contributed by atoms with E-state index in [-0.39, 0.29) is 17.0 Å². The van der Waals surface area contributed by atoms with E-state index in [0.29, 0.717) is 54.4 Å². The molecular formula is C23H22F2N6O. The monoisotopic (exact) mass is 436 g/mol. The molecule has 0 aromatic carbocycles. The maximum Gasteiger partial charge on any atom is 0.277 e. The van der Waals surface area contributed by atoms with Crippen molar-refractivity contribution in [3.8, 4) is 11.3 Å². The number of nitrogens with one attached hydrogen (secondary N) is 1. The van der Waals surface area contributed by atoms with Crippen molar-refractivity contribution >= 4 is 16.7 Å². The molecule has 2 fully saturated rings. The highest BCUT2D eigenvalue weighted by molar-refractivity contribution is 5.77. The van der Waals surface area contributed by atoms with Gasteiger partial charge in [0.2, 0.25) is 0 Å². The molecule has 9 heteroatoms. The number of fused-ring (bicyclic) bond motifs is 2. The first-order chi connectivity index (χ1) is 15.4. The molecule has 7 nitrogen and oxygen atoms in total. The van der Waals surface area contributed by atoms with Gasteiger partial charge in [-0.25, -0.2) is 23.7 Å². The molecule has 5 heterocycles. The van der Waals surface area contributed by atoms with E-state index >= 15 is 4.39 Å². The minimum absolute atomic E-state index is 0.0707. The van der Waals surface area contributed by atoms with E-state index in [0.717, 1.165) is 0 Å². The summed E-state index contributed by atoms with van der Waals surface area (Å²) < 4.78 is 31.8. The predicted molar refractivity (Wildman–Crippen MR) is 116 cm³/mol. The van der Waals surface area contributed by atoms with Crippen molar-refractivity contribution in [3.05, 3.63) is 58.3 Å². The third-order valence-corrected chi connectivity index (χ3v) is 6.55. The second-order valence-electron chi connectivity index (χ2n) is 8.90. The molecule has 0 radical (unpaired) electrons. The number of aryl methyl sites for hydroxylation is 1. The van der Waals surface area contributed by atoms with Crippen LogP contribution < -0.4 is 5.56 Å². The zero-order valence-corrected chi connectivity index (χ0v) is 17.6. The van der Waals surface area contributed by atoms with Crippen molar-refractivity contribution < 1.29 is 8.78 Å². The number of hydrogen-bond acceptors (Lipinski definition) is 5. The largest absolute Gasteiger partial charge is 0.306 e. The smallest absolute Gasteiger partial charge is 0.277 e. The number of likely N-dealkylation sites (tertiary alicyclic amines) is 1. The van der Waals surface area contributed by atoms with Crippen LogP contribution in [0.5, 0.6) is 0 Å². The lowest BCUT2D eigenvalue weighted by Gasteiger charge is -2.35. The number of alkyl halides is 1. The zero-order valence-electron chi connectivity index (χ0n) is 17.6. The fourth-order valence-electron chi connectivity index (χ4n) is 4.64. The van der Waals surface area contributed by atoms with Crippen LogP contribution >= 0.6 is 0 Å². The molecule has 1 saturated heterocycles. The Hall–Kier alpha value is -3.20. The molecule has 0 unspecified atom stereocenters. The maximum atomic E-state index is 15.7. The van der Waals surface area contributed by atoms with E-state index in [1.807, 2.05) is 0 Å². The summed E-state index contributed by atoms with van der Waals surface area (Å²) in [5.41, 5.74) is 0.158. The Kier molecular flexibility index (Phi) is 4.20. The number of H-pyrrole nitrogens is 1. The van der Waals surface area contributed by atoms with E-state index in [1.54, 1.807) is 35.9 Å². The Bertz CT molecular complexity index is 1420. The fraction of sp³-hybridized carbons (Fsp3) is 0.391. The van der Waals surface area contributed by atoms with Crippen molar-refractivity contribution in [1.29, 1.82) is 0 Å². The minimum atomic E-state index is -1.65. The van der Waals surface area contributed by atoms with Crippen LogP contribution in [0.25, 0.3) is 27.9 Å². The molecule has 0 bridgehead atoms. The number of piperidine rings is 1. The summed E-state index contributed by atoms with van der Waals surface area (Å²) in [6.45, 7) is 3.13. The number of imidazole rings is 1. The molecule has 164 valence electrons. The molecular weight excluding hydrogens is 414 g/mol. The van der Waals surface area contributed by atoms with Gasteiger partial charge in [-0.2, -0.15) is 0 Å². The number of halogens is 2. The third-order valence-electron chi connectivity index (χ3n) is 6.55. The van der Waals surface area contributed by atoms with Gasteiger partial charge in [-0.05, 0) is 38.0 Å². The summed E-state index contributed by atoms with van der Waals surface area (Å²) in [5, 5.41) is 0. The number of aromatic amines is 1. The van der Waals surface area contributed by atoms with Crippen LogP contribution in [0.4, 0.5) is 8.78 Å². The van der Waals surface area contributed by atoms with Gasteiger partial charge in [0.1, 0.15) is 5.82 Å². The maximum absolute atomic E-state index is 15.7. The Labute approximate surface area is 182 Å². The highest BCUT2D eigenvalue weighted by atomic mass is 19.1. The zero-order chi connectivity index (χ0) is 22.0. The molecule has 1 N–H and O–H groups in total. The van der Waals surface area contributed by atoms with Crippen LogP contribution in [0, 0.1) is 12.7 Å². The van der Waals surface area contributed by atoms with Gasteiger partial charge in [0.15, 0.2) is 22.6 Å². The van der Waals surface area contributed by atoms with E-state index in [9.17, 15) is 9.18 Å². The summed E-state index contributed by atoms with van der Waals surface area (Å²) in [5.74, 6) is -0.404. The number of rotatable bonds is 3. The van der Waals surface area contributed by atoms with Gasteiger partial charge in [-0.3, -0.25) is 4.79 Å². The number of aromatic nitrogens is 5. The third kappa shape index (κ3) is 3.19. The molecule has 4 aromatic rings. The van der Waals surface area contributed by atoms with E-state index < -0.39 is 17.0 Å². The van der Waals surface area contributed by atoms with Gasteiger partial charge in [-0.1, -0.05) is 0 Å². The van der Waals surface area contributed by atoms with E-state index in [2.05, 4.69) is 24.8 Å². The Morgan fingerprint density at radius 2 is 1.91 bits per heavy atom. The first-order valence-corrected chi connectivity index (χ1v) is 10.9. The second-order valence-corrected chi connectivity index (χ2v) is 8.90. The first-order valence-electron chi connectivity index (χ1n) is 10.9. The van der Waals surface area contributed by atoms with Gasteiger partial charge in [-0.15, -0.1) is 0 Å². The quantitative estimate of drug-likeness (QED) is 0.532. The molecule has 0 atom stereocenters. The lowest BCUT2D eigenvalue weighted by molar-refractivity contribution is 0.0451. The number of pyridine rings is 2. The molecule has 0 amide bonds. The lowest BCUT2D eigenvalue weighted by atomic mass is 9.92. The van der Waals surface area contributed by atoms with E-state index in [1.165, 1.54) is 18.9 Å². The van der Waals surface area contributed by atoms with Crippen molar-refractivity contribution in [3.63, 3.8) is 0 Å². The number of nitrogens with zero attached hydrogens (tertiary/aromatic N) is 5. The van der Waals surface area contributed by atoms with E-state index in [4.69, 9.17) is 0 Å². The predicted octanol–water partition coefficient (Wildman–Crippen LogP) is 3.50. The highest BCUT2D eigenvalue weighted by Gasteiger charge is 2.42. The van der Waals surface area contributed by atoms with Crippen LogP contribution in [0.2, 0.25) is 0 Å². The van der Waals surface area contributed by atoms with Crippen LogP contribution in [-0.4, -0.2) is 48.4 Å². The van der Waals surface area contributed by atoms with Gasteiger partial charge in [0.05, 0.1) is 16.9 Å². The van der Waals surface area contributed by atoms with Gasteiger partial charge in [0.25, 0.3) is 5.56 Å². The average Bonchev–Trinajstić information content (AvgIpc) is 3.55. The van der Waals surface area contributed by atoms with Crippen LogP contribution in [0.15, 0.2) is 35.4 Å². The SMILES string of the molecule is Cc1cn2cc(-c3ccc4nc(C5(F)CCN(C6CC6)CC5)[nH]c(=O)c4n3)cc(F)c2n1.